The van der Waals surface area contributed by atoms with Gasteiger partial charge >= 0.3 is 0 Å². The standard InChI is InChI=1S/C25H27N5O/c1-17(2)30-24-22(14-27-30)21(13-19(4)28-24)25(31)29(15-20-10-6-5-7-11-20)16-23-18(3)9-8-12-26-23/h5-14,17H,15-16H2,1-4H3. The molecule has 0 unspecified atom stereocenters. The topological polar surface area (TPSA) is 63.9 Å². The average molecular weight is 414 g/mol. The van der Waals surface area contributed by atoms with Crippen molar-refractivity contribution >= 4 is 16.9 Å². The zero-order valence-corrected chi connectivity index (χ0v) is 18.4. The summed E-state index contributed by atoms with van der Waals surface area (Å²) in [5.74, 6) is -0.0484. The highest BCUT2D eigenvalue weighted by Gasteiger charge is 2.23. The van der Waals surface area contributed by atoms with Gasteiger partial charge in [-0.25, -0.2) is 9.67 Å². The molecule has 0 aliphatic rings. The lowest BCUT2D eigenvalue weighted by Crippen LogP contribution is -2.31. The molecule has 0 N–H and O–H groups in total. The summed E-state index contributed by atoms with van der Waals surface area (Å²) >= 11 is 0. The lowest BCUT2D eigenvalue weighted by Gasteiger charge is -2.24. The van der Waals surface area contributed by atoms with Crippen molar-refractivity contribution in [3.63, 3.8) is 0 Å². The van der Waals surface area contributed by atoms with E-state index in [2.05, 4.69) is 28.9 Å². The zero-order valence-electron chi connectivity index (χ0n) is 18.4. The van der Waals surface area contributed by atoms with E-state index in [9.17, 15) is 4.79 Å². The molecule has 158 valence electrons. The number of nitrogens with zero attached hydrogens (tertiary/aromatic N) is 5. The number of hydrogen-bond acceptors (Lipinski definition) is 4. The zero-order chi connectivity index (χ0) is 22.0. The Labute approximate surface area is 182 Å². The summed E-state index contributed by atoms with van der Waals surface area (Å²) in [5.41, 5.74) is 5.20. The number of hydrogen-bond donors (Lipinski definition) is 0. The van der Waals surface area contributed by atoms with Gasteiger partial charge in [-0.15, -0.1) is 0 Å². The van der Waals surface area contributed by atoms with Crippen LogP contribution in [0.2, 0.25) is 0 Å². The second-order valence-electron chi connectivity index (χ2n) is 8.15. The largest absolute Gasteiger partial charge is 0.328 e. The number of benzene rings is 1. The number of amides is 1. The molecule has 4 rings (SSSR count). The first-order valence-electron chi connectivity index (χ1n) is 10.5. The van der Waals surface area contributed by atoms with E-state index >= 15 is 0 Å². The molecule has 6 heteroatoms. The maximum atomic E-state index is 13.8. The first-order valence-corrected chi connectivity index (χ1v) is 10.5. The molecule has 0 atom stereocenters. The Morgan fingerprint density at radius 1 is 1.06 bits per heavy atom. The molecule has 0 spiro atoms. The molecule has 0 aliphatic heterocycles. The predicted molar refractivity (Wildman–Crippen MR) is 122 cm³/mol. The van der Waals surface area contributed by atoms with Crippen LogP contribution in [-0.2, 0) is 13.1 Å². The molecule has 0 aliphatic carbocycles. The van der Waals surface area contributed by atoms with Gasteiger partial charge in [-0.2, -0.15) is 5.10 Å². The van der Waals surface area contributed by atoms with E-state index in [1.54, 1.807) is 12.4 Å². The predicted octanol–water partition coefficient (Wildman–Crippen LogP) is 4.87. The van der Waals surface area contributed by atoms with E-state index in [4.69, 9.17) is 0 Å². The number of pyridine rings is 2. The first-order chi connectivity index (χ1) is 14.9. The van der Waals surface area contributed by atoms with Crippen LogP contribution in [0.5, 0.6) is 0 Å². The molecule has 0 radical (unpaired) electrons. The third-order valence-corrected chi connectivity index (χ3v) is 5.38. The Morgan fingerprint density at radius 3 is 2.55 bits per heavy atom. The van der Waals surface area contributed by atoms with Gasteiger partial charge in [-0.3, -0.25) is 9.78 Å². The van der Waals surface area contributed by atoms with Crippen LogP contribution in [0.3, 0.4) is 0 Å². The monoisotopic (exact) mass is 413 g/mol. The maximum absolute atomic E-state index is 13.8. The molecule has 3 heterocycles. The van der Waals surface area contributed by atoms with Crippen molar-refractivity contribution in [3.05, 3.63) is 89.0 Å². The fourth-order valence-corrected chi connectivity index (χ4v) is 3.74. The number of carbonyl (C=O) groups is 1. The highest BCUT2D eigenvalue weighted by Crippen LogP contribution is 2.24. The lowest BCUT2D eigenvalue weighted by atomic mass is 10.1. The fourth-order valence-electron chi connectivity index (χ4n) is 3.74. The Bertz CT molecular complexity index is 1210. The summed E-state index contributed by atoms with van der Waals surface area (Å²) in [4.78, 5) is 24.9. The normalized spacial score (nSPS) is 11.3. The van der Waals surface area contributed by atoms with E-state index in [-0.39, 0.29) is 11.9 Å². The summed E-state index contributed by atoms with van der Waals surface area (Å²) in [5, 5.41) is 5.27. The molecule has 1 amide bonds. The second-order valence-corrected chi connectivity index (χ2v) is 8.15. The molecule has 0 fully saturated rings. The van der Waals surface area contributed by atoms with Crippen LogP contribution in [0.15, 0.2) is 60.9 Å². The lowest BCUT2D eigenvalue weighted by molar-refractivity contribution is 0.0729. The first kappa shape index (κ1) is 20.7. The summed E-state index contributed by atoms with van der Waals surface area (Å²) < 4.78 is 1.86. The third-order valence-electron chi connectivity index (χ3n) is 5.38. The molecule has 0 bridgehead atoms. The van der Waals surface area contributed by atoms with Crippen molar-refractivity contribution in [3.8, 4) is 0 Å². The van der Waals surface area contributed by atoms with Gasteiger partial charge in [0.2, 0.25) is 0 Å². The smallest absolute Gasteiger partial charge is 0.255 e. The van der Waals surface area contributed by atoms with E-state index in [0.717, 1.165) is 33.5 Å². The Balaban J connectivity index is 1.77. The molecule has 3 aromatic heterocycles. The minimum absolute atomic E-state index is 0.0484. The van der Waals surface area contributed by atoms with Gasteiger partial charge in [0.1, 0.15) is 0 Å². The minimum Gasteiger partial charge on any atom is -0.328 e. The van der Waals surface area contributed by atoms with Crippen LogP contribution in [0, 0.1) is 13.8 Å². The van der Waals surface area contributed by atoms with E-state index in [0.29, 0.717) is 18.7 Å². The summed E-state index contributed by atoms with van der Waals surface area (Å²) in [6.45, 7) is 8.98. The van der Waals surface area contributed by atoms with Crippen LogP contribution in [0.1, 0.15) is 52.8 Å². The highest BCUT2D eigenvalue weighted by atomic mass is 16.2. The van der Waals surface area contributed by atoms with E-state index in [1.165, 1.54) is 0 Å². The number of carbonyl (C=O) groups excluding carboxylic acids is 1. The molecular formula is C25H27N5O. The SMILES string of the molecule is Cc1cc(C(=O)N(Cc2ccccc2)Cc2ncccc2C)c2cnn(C(C)C)c2n1. The maximum Gasteiger partial charge on any atom is 0.255 e. The molecular weight excluding hydrogens is 386 g/mol. The number of aryl methyl sites for hydroxylation is 2. The number of rotatable bonds is 6. The molecule has 0 saturated carbocycles. The number of aromatic nitrogens is 4. The van der Waals surface area contributed by atoms with Gasteiger partial charge in [0.25, 0.3) is 5.91 Å². The molecule has 1 aromatic carbocycles. The van der Waals surface area contributed by atoms with Crippen LogP contribution in [0.4, 0.5) is 0 Å². The summed E-state index contributed by atoms with van der Waals surface area (Å²) in [7, 11) is 0. The van der Waals surface area contributed by atoms with Crippen LogP contribution in [-0.4, -0.2) is 30.6 Å². The molecule has 31 heavy (non-hydrogen) atoms. The van der Waals surface area contributed by atoms with Crippen molar-refractivity contribution in [1.29, 1.82) is 0 Å². The Morgan fingerprint density at radius 2 is 1.84 bits per heavy atom. The van der Waals surface area contributed by atoms with Gasteiger partial charge in [-0.05, 0) is 51.0 Å². The fraction of sp³-hybridized carbons (Fsp3) is 0.280. The van der Waals surface area contributed by atoms with E-state index in [1.807, 2.05) is 72.0 Å². The van der Waals surface area contributed by atoms with Crippen LogP contribution in [0.25, 0.3) is 11.0 Å². The quantitative estimate of drug-likeness (QED) is 0.452. The molecule has 4 aromatic rings. The average Bonchev–Trinajstić information content (AvgIpc) is 3.18. The van der Waals surface area contributed by atoms with Gasteiger partial charge in [-0.1, -0.05) is 36.4 Å². The van der Waals surface area contributed by atoms with Crippen molar-refractivity contribution in [2.75, 3.05) is 0 Å². The van der Waals surface area contributed by atoms with Gasteiger partial charge < -0.3 is 4.90 Å². The molecule has 6 nitrogen and oxygen atoms in total. The van der Waals surface area contributed by atoms with Gasteiger partial charge in [0.15, 0.2) is 5.65 Å². The van der Waals surface area contributed by atoms with E-state index < -0.39 is 0 Å². The van der Waals surface area contributed by atoms with Crippen molar-refractivity contribution < 1.29 is 4.79 Å². The highest BCUT2D eigenvalue weighted by molar-refractivity contribution is 6.05. The van der Waals surface area contributed by atoms with Crippen molar-refractivity contribution in [1.82, 2.24) is 24.6 Å². The summed E-state index contributed by atoms with van der Waals surface area (Å²) in [6.07, 6.45) is 3.52. The van der Waals surface area contributed by atoms with Crippen LogP contribution >= 0.6 is 0 Å². The molecule has 0 saturated heterocycles. The van der Waals surface area contributed by atoms with Crippen LogP contribution < -0.4 is 0 Å². The number of fused-ring (bicyclic) bond motifs is 1. The Hall–Kier alpha value is -3.54. The van der Waals surface area contributed by atoms with Crippen molar-refractivity contribution in [2.24, 2.45) is 0 Å². The second kappa shape index (κ2) is 8.68. The minimum atomic E-state index is -0.0484. The third kappa shape index (κ3) is 4.33. The van der Waals surface area contributed by atoms with Gasteiger partial charge in [0.05, 0.1) is 29.4 Å². The Kier molecular flexibility index (Phi) is 5.80. The van der Waals surface area contributed by atoms with Gasteiger partial charge in [0, 0.05) is 24.5 Å². The van der Waals surface area contributed by atoms with Crippen molar-refractivity contribution in [2.45, 2.75) is 46.8 Å². The summed E-state index contributed by atoms with van der Waals surface area (Å²) in [6, 6.07) is 16.0.